The van der Waals surface area contributed by atoms with Crippen LogP contribution in [-0.2, 0) is 4.74 Å². The highest BCUT2D eigenvalue weighted by Gasteiger charge is 2.20. The Kier molecular flexibility index (Phi) is 2.25. The summed E-state index contributed by atoms with van der Waals surface area (Å²) in [6.07, 6.45) is 7.56. The Labute approximate surface area is 94.2 Å². The average molecular weight is 215 g/mol. The topological polar surface area (TPSA) is 37.4 Å². The van der Waals surface area contributed by atoms with Crippen molar-refractivity contribution in [2.75, 3.05) is 24.7 Å². The fraction of sp³-hybridized carbons (Fsp3) is 0.250. The molecule has 0 fully saturated rings. The molecule has 0 atom stereocenters. The first-order valence-corrected chi connectivity index (χ1v) is 5.33. The highest BCUT2D eigenvalue weighted by molar-refractivity contribution is 5.47. The number of nitrogens with one attached hydrogen (secondary N) is 1. The Hall–Kier alpha value is -1.97. The molecule has 82 valence electrons. The van der Waals surface area contributed by atoms with Gasteiger partial charge in [-0.1, -0.05) is 0 Å². The van der Waals surface area contributed by atoms with Gasteiger partial charge < -0.3 is 15.0 Å². The molecule has 0 aliphatic carbocycles. The molecule has 0 spiro atoms. The zero-order valence-corrected chi connectivity index (χ0v) is 8.89. The van der Waals surface area contributed by atoms with Crippen LogP contribution in [0.5, 0.6) is 0 Å². The fourth-order valence-corrected chi connectivity index (χ4v) is 1.94. The predicted octanol–water partition coefficient (Wildman–Crippen LogP) is 1.25. The molecule has 2 aliphatic rings. The molecule has 0 unspecified atom stereocenters. The van der Waals surface area contributed by atoms with E-state index in [2.05, 4.69) is 15.2 Å². The van der Waals surface area contributed by atoms with Gasteiger partial charge in [0.25, 0.3) is 0 Å². The molecule has 0 aromatic carbocycles. The molecule has 1 N–H and O–H groups in total. The van der Waals surface area contributed by atoms with Crippen LogP contribution in [0.1, 0.15) is 0 Å². The van der Waals surface area contributed by atoms with Gasteiger partial charge in [-0.2, -0.15) is 0 Å². The fourth-order valence-electron chi connectivity index (χ4n) is 1.94. The second-order valence-electron chi connectivity index (χ2n) is 3.86. The second kappa shape index (κ2) is 3.89. The van der Waals surface area contributed by atoms with Crippen LogP contribution in [0.4, 0.5) is 5.69 Å². The predicted molar refractivity (Wildman–Crippen MR) is 61.7 cm³/mol. The normalized spacial score (nSPS) is 18.9. The van der Waals surface area contributed by atoms with Crippen LogP contribution in [0, 0.1) is 0 Å². The molecule has 0 saturated heterocycles. The van der Waals surface area contributed by atoms with E-state index in [1.54, 1.807) is 6.20 Å². The Balaban J connectivity index is 1.83. The van der Waals surface area contributed by atoms with Gasteiger partial charge in [-0.15, -0.1) is 0 Å². The summed E-state index contributed by atoms with van der Waals surface area (Å²) in [5, 5.41) is 3.20. The lowest BCUT2D eigenvalue weighted by Crippen LogP contribution is -2.36. The summed E-state index contributed by atoms with van der Waals surface area (Å²) in [6.45, 7) is 2.36. The number of aromatic nitrogens is 1. The van der Waals surface area contributed by atoms with Crippen LogP contribution in [0.3, 0.4) is 0 Å². The van der Waals surface area contributed by atoms with E-state index in [4.69, 9.17) is 4.74 Å². The van der Waals surface area contributed by atoms with Crippen LogP contribution in [0.15, 0.2) is 48.1 Å². The monoisotopic (exact) mass is 215 g/mol. The van der Waals surface area contributed by atoms with Crippen LogP contribution >= 0.6 is 0 Å². The first-order chi connectivity index (χ1) is 7.93. The maximum Gasteiger partial charge on any atom is 0.161 e. The lowest BCUT2D eigenvalue weighted by atomic mass is 10.1. The van der Waals surface area contributed by atoms with Gasteiger partial charge in [0.15, 0.2) is 6.73 Å². The molecule has 1 aromatic heterocycles. The average Bonchev–Trinajstić information content (AvgIpc) is 2.39. The molecule has 0 radical (unpaired) electrons. The summed E-state index contributed by atoms with van der Waals surface area (Å²) >= 11 is 0. The van der Waals surface area contributed by atoms with E-state index >= 15 is 0 Å². The van der Waals surface area contributed by atoms with Crippen molar-refractivity contribution in [2.45, 2.75) is 0 Å². The van der Waals surface area contributed by atoms with Crippen molar-refractivity contribution in [3.63, 3.8) is 0 Å². The van der Waals surface area contributed by atoms with Crippen LogP contribution < -0.4 is 10.2 Å². The standard InChI is InChI=1S/C12H13N3O/c1-2-11(7-13-4-1)15-8-10-6-14-5-3-12(10)16-9-15/h1-5,7,14H,6,8-9H2. The number of allylic oxidation sites excluding steroid dienone is 1. The van der Waals surface area contributed by atoms with E-state index in [0.717, 1.165) is 24.5 Å². The zero-order valence-electron chi connectivity index (χ0n) is 8.89. The van der Waals surface area contributed by atoms with Gasteiger partial charge in [-0.25, -0.2) is 0 Å². The zero-order chi connectivity index (χ0) is 10.8. The molecule has 1 aromatic rings. The van der Waals surface area contributed by atoms with Gasteiger partial charge in [-0.05, 0) is 18.2 Å². The third-order valence-electron chi connectivity index (χ3n) is 2.79. The van der Waals surface area contributed by atoms with Crippen LogP contribution in [0.2, 0.25) is 0 Å². The van der Waals surface area contributed by atoms with Gasteiger partial charge in [0, 0.05) is 31.1 Å². The molecule has 0 saturated carbocycles. The summed E-state index contributed by atoms with van der Waals surface area (Å²) in [5.41, 5.74) is 2.39. The van der Waals surface area contributed by atoms with E-state index in [-0.39, 0.29) is 0 Å². The molecule has 16 heavy (non-hydrogen) atoms. The van der Waals surface area contributed by atoms with Crippen molar-refractivity contribution in [2.24, 2.45) is 0 Å². The van der Waals surface area contributed by atoms with Crippen molar-refractivity contribution >= 4 is 5.69 Å². The Morgan fingerprint density at radius 1 is 1.44 bits per heavy atom. The number of hydrogen-bond acceptors (Lipinski definition) is 4. The van der Waals surface area contributed by atoms with Crippen molar-refractivity contribution in [1.29, 1.82) is 0 Å². The SMILES string of the molecule is C1=CC2=C(CN1)CN(c1cccnc1)CO2. The molecule has 2 aliphatic heterocycles. The maximum atomic E-state index is 5.70. The summed E-state index contributed by atoms with van der Waals surface area (Å²) < 4.78 is 5.70. The molecular formula is C12H13N3O. The minimum atomic E-state index is 0.592. The van der Waals surface area contributed by atoms with Gasteiger partial charge >= 0.3 is 0 Å². The minimum Gasteiger partial charge on any atom is -0.473 e. The number of hydrogen-bond donors (Lipinski definition) is 1. The minimum absolute atomic E-state index is 0.592. The molecule has 0 amide bonds. The van der Waals surface area contributed by atoms with Crippen molar-refractivity contribution in [3.8, 4) is 0 Å². The quantitative estimate of drug-likeness (QED) is 0.765. The van der Waals surface area contributed by atoms with Crippen molar-refractivity contribution in [1.82, 2.24) is 10.3 Å². The Morgan fingerprint density at radius 2 is 2.44 bits per heavy atom. The van der Waals surface area contributed by atoms with Crippen LogP contribution in [-0.4, -0.2) is 24.8 Å². The molecule has 0 bridgehead atoms. The first-order valence-electron chi connectivity index (χ1n) is 5.33. The molecule has 4 heteroatoms. The summed E-state index contributed by atoms with van der Waals surface area (Å²) in [6, 6.07) is 3.99. The second-order valence-corrected chi connectivity index (χ2v) is 3.86. The Bertz CT molecular complexity index is 439. The van der Waals surface area contributed by atoms with E-state index in [0.29, 0.717) is 6.73 Å². The smallest absolute Gasteiger partial charge is 0.161 e. The lowest BCUT2D eigenvalue weighted by molar-refractivity contribution is 0.204. The van der Waals surface area contributed by atoms with Gasteiger partial charge in [0.2, 0.25) is 0 Å². The third kappa shape index (κ3) is 1.62. The van der Waals surface area contributed by atoms with Crippen molar-refractivity contribution < 1.29 is 4.74 Å². The highest BCUT2D eigenvalue weighted by Crippen LogP contribution is 2.22. The first kappa shape index (κ1) is 9.27. The number of dihydropyridines is 1. The summed E-state index contributed by atoms with van der Waals surface area (Å²) in [5.74, 6) is 1.01. The molecular weight excluding hydrogens is 202 g/mol. The van der Waals surface area contributed by atoms with E-state index in [1.807, 2.05) is 30.6 Å². The van der Waals surface area contributed by atoms with E-state index in [1.165, 1.54) is 5.57 Å². The number of ether oxygens (including phenoxy) is 1. The summed E-state index contributed by atoms with van der Waals surface area (Å²) in [7, 11) is 0. The number of rotatable bonds is 1. The van der Waals surface area contributed by atoms with E-state index < -0.39 is 0 Å². The number of pyridine rings is 1. The third-order valence-corrected chi connectivity index (χ3v) is 2.79. The number of nitrogens with zero attached hydrogens (tertiary/aromatic N) is 2. The van der Waals surface area contributed by atoms with E-state index in [9.17, 15) is 0 Å². The highest BCUT2D eigenvalue weighted by atomic mass is 16.5. The maximum absolute atomic E-state index is 5.70. The van der Waals surface area contributed by atoms with Crippen LogP contribution in [0.25, 0.3) is 0 Å². The Morgan fingerprint density at radius 3 is 3.31 bits per heavy atom. The van der Waals surface area contributed by atoms with Crippen molar-refractivity contribution in [3.05, 3.63) is 48.1 Å². The molecule has 4 nitrogen and oxygen atoms in total. The molecule has 3 heterocycles. The van der Waals surface area contributed by atoms with Gasteiger partial charge in [0.05, 0.1) is 11.9 Å². The molecule has 3 rings (SSSR count). The summed E-state index contributed by atoms with van der Waals surface area (Å²) in [4.78, 5) is 6.29. The van der Waals surface area contributed by atoms with Gasteiger partial charge in [0.1, 0.15) is 5.76 Å². The number of anilines is 1. The van der Waals surface area contributed by atoms with Gasteiger partial charge in [-0.3, -0.25) is 4.98 Å². The lowest BCUT2D eigenvalue weighted by Gasteiger charge is -2.32. The largest absolute Gasteiger partial charge is 0.473 e.